The van der Waals surface area contributed by atoms with Crippen LogP contribution >= 0.6 is 0 Å². The van der Waals surface area contributed by atoms with Gasteiger partial charge in [-0.3, -0.25) is 20.0 Å². The van der Waals surface area contributed by atoms with E-state index in [0.29, 0.717) is 11.6 Å². The number of aliphatic imine (C=N–C) groups is 2. The van der Waals surface area contributed by atoms with Gasteiger partial charge in [0, 0.05) is 60.8 Å². The largest absolute Gasteiger partial charge is 0.265 e. The molecule has 3 heterocycles. The molecule has 0 bridgehead atoms. The zero-order chi connectivity index (χ0) is 19.6. The van der Waals surface area contributed by atoms with Crippen LogP contribution in [0.25, 0.3) is 12.2 Å². The minimum absolute atomic E-state index is 0.388. The van der Waals surface area contributed by atoms with Gasteiger partial charge in [-0.1, -0.05) is 0 Å². The summed E-state index contributed by atoms with van der Waals surface area (Å²) >= 11 is 0. The van der Waals surface area contributed by atoms with Crippen LogP contribution in [-0.2, 0) is 0 Å². The first-order chi connectivity index (χ1) is 13.7. The summed E-state index contributed by atoms with van der Waals surface area (Å²) < 4.78 is 0. The summed E-state index contributed by atoms with van der Waals surface area (Å²) in [6, 6.07) is 7.49. The Bertz CT molecular complexity index is 923. The second-order valence-corrected chi connectivity index (χ2v) is 5.77. The molecule has 0 saturated carbocycles. The summed E-state index contributed by atoms with van der Waals surface area (Å²) in [7, 11) is 0. The Morgan fingerprint density at radius 2 is 1.00 bits per heavy atom. The normalized spacial score (nSPS) is 12.8. The third kappa shape index (κ3) is 6.10. The smallest absolute Gasteiger partial charge is 0.198 e. The van der Waals surface area contributed by atoms with Crippen molar-refractivity contribution >= 4 is 24.6 Å². The molecule has 0 N–H and O–H groups in total. The van der Waals surface area contributed by atoms with Crippen molar-refractivity contribution in [2.75, 3.05) is 0 Å². The highest BCUT2D eigenvalue weighted by Gasteiger charge is 1.98. The van der Waals surface area contributed by atoms with E-state index in [2.05, 4.69) is 40.3 Å². The monoisotopic (exact) mass is 370 g/mol. The van der Waals surface area contributed by atoms with E-state index in [1.165, 1.54) is 0 Å². The van der Waals surface area contributed by atoms with Crippen molar-refractivity contribution in [1.82, 2.24) is 30.4 Å². The Labute approximate surface area is 162 Å². The number of pyridine rings is 2. The molecule has 0 spiro atoms. The third-order valence-corrected chi connectivity index (χ3v) is 3.43. The van der Waals surface area contributed by atoms with Crippen LogP contribution in [0, 0.1) is 0 Å². The Morgan fingerprint density at radius 1 is 0.643 bits per heavy atom. The van der Waals surface area contributed by atoms with E-state index in [1.54, 1.807) is 49.4 Å². The number of hydrogen-bond acceptors (Lipinski definition) is 8. The lowest BCUT2D eigenvalue weighted by Crippen LogP contribution is -1.99. The number of hydrogen-bond donors (Lipinski definition) is 0. The maximum absolute atomic E-state index is 4.35. The Morgan fingerprint density at radius 3 is 1.36 bits per heavy atom. The van der Waals surface area contributed by atoms with E-state index in [1.807, 2.05) is 38.1 Å². The van der Waals surface area contributed by atoms with Gasteiger partial charge in [0.15, 0.2) is 11.6 Å². The predicted octanol–water partition coefficient (Wildman–Crippen LogP) is 3.02. The quantitative estimate of drug-likeness (QED) is 0.618. The molecule has 0 fully saturated rings. The molecule has 3 rings (SSSR count). The van der Waals surface area contributed by atoms with Crippen molar-refractivity contribution < 1.29 is 0 Å². The van der Waals surface area contributed by atoms with Crippen molar-refractivity contribution in [3.05, 3.63) is 83.2 Å². The molecule has 0 aliphatic rings. The van der Waals surface area contributed by atoms with Crippen LogP contribution < -0.4 is 0 Å². The molecule has 0 aliphatic carbocycles. The highest BCUT2D eigenvalue weighted by atomic mass is 15.3. The van der Waals surface area contributed by atoms with Gasteiger partial charge >= 0.3 is 0 Å². The summed E-state index contributed by atoms with van der Waals surface area (Å²) in [4.78, 5) is 16.6. The van der Waals surface area contributed by atoms with E-state index in [9.17, 15) is 0 Å². The van der Waals surface area contributed by atoms with Crippen LogP contribution in [0.2, 0.25) is 0 Å². The number of nitrogens with zero attached hydrogens (tertiary/aromatic N) is 8. The van der Waals surface area contributed by atoms with Gasteiger partial charge in [0.25, 0.3) is 0 Å². The van der Waals surface area contributed by atoms with E-state index in [-0.39, 0.29) is 0 Å². The Kier molecular flexibility index (Phi) is 6.51. The average molecular weight is 370 g/mol. The van der Waals surface area contributed by atoms with Crippen LogP contribution in [-0.4, -0.2) is 42.8 Å². The summed E-state index contributed by atoms with van der Waals surface area (Å²) in [5.41, 5.74) is 3.40. The molecule has 0 saturated heterocycles. The van der Waals surface area contributed by atoms with E-state index in [4.69, 9.17) is 0 Å². The lowest BCUT2D eigenvalue weighted by atomic mass is 10.3. The molecule has 28 heavy (non-hydrogen) atoms. The standard InChI is InChI=1S/C20H18N8/c1-15(23-13-17-3-7-21-8-4-17)11-19-25-27-20(28-26-19)12-16(2)24-14-18-5-9-22-10-6-18/h3-14H,1-2H3/b15-11+,16-12+,23-13?,24-14?. The van der Waals surface area contributed by atoms with Gasteiger partial charge in [-0.25, -0.2) is 0 Å². The number of allylic oxidation sites excluding steroid dienone is 2. The van der Waals surface area contributed by atoms with Crippen molar-refractivity contribution in [3.63, 3.8) is 0 Å². The fourth-order valence-corrected chi connectivity index (χ4v) is 2.06. The minimum atomic E-state index is 0.388. The molecule has 0 unspecified atom stereocenters. The summed E-state index contributed by atoms with van der Waals surface area (Å²) in [5, 5.41) is 16.2. The highest BCUT2D eigenvalue weighted by molar-refractivity contribution is 5.81. The van der Waals surface area contributed by atoms with Crippen molar-refractivity contribution in [1.29, 1.82) is 0 Å². The van der Waals surface area contributed by atoms with Crippen LogP contribution in [0.1, 0.15) is 36.6 Å². The second kappa shape index (κ2) is 9.67. The SMILES string of the molecule is C/C(=C\c1nnc(/C=C(\C)N=Cc2ccncc2)nn1)N=Cc1ccncc1. The first kappa shape index (κ1) is 18.8. The van der Waals surface area contributed by atoms with Gasteiger partial charge in [-0.2, -0.15) is 0 Å². The molecule has 138 valence electrons. The van der Waals surface area contributed by atoms with Gasteiger partial charge < -0.3 is 0 Å². The van der Waals surface area contributed by atoms with Crippen LogP contribution in [0.4, 0.5) is 0 Å². The molecular weight excluding hydrogens is 352 g/mol. The molecule has 0 amide bonds. The highest BCUT2D eigenvalue weighted by Crippen LogP contribution is 2.04. The van der Waals surface area contributed by atoms with Crippen molar-refractivity contribution in [2.45, 2.75) is 13.8 Å². The van der Waals surface area contributed by atoms with Crippen LogP contribution in [0.5, 0.6) is 0 Å². The summed E-state index contributed by atoms with van der Waals surface area (Å²) in [5.74, 6) is 0.777. The fraction of sp³-hybridized carbons (Fsp3) is 0.100. The minimum Gasteiger partial charge on any atom is -0.265 e. The first-order valence-corrected chi connectivity index (χ1v) is 8.51. The van der Waals surface area contributed by atoms with Crippen LogP contribution in [0.15, 0.2) is 70.4 Å². The molecule has 8 nitrogen and oxygen atoms in total. The molecule has 3 aromatic rings. The van der Waals surface area contributed by atoms with Crippen molar-refractivity contribution in [3.8, 4) is 0 Å². The topological polar surface area (TPSA) is 102 Å². The second-order valence-electron chi connectivity index (χ2n) is 5.77. The number of rotatable bonds is 6. The first-order valence-electron chi connectivity index (χ1n) is 8.51. The molecule has 0 radical (unpaired) electrons. The average Bonchev–Trinajstić information content (AvgIpc) is 2.74. The summed E-state index contributed by atoms with van der Waals surface area (Å²) in [6.07, 6.45) is 13.8. The molecule has 0 aromatic carbocycles. The van der Waals surface area contributed by atoms with E-state index in [0.717, 1.165) is 22.5 Å². The van der Waals surface area contributed by atoms with Gasteiger partial charge in [0.2, 0.25) is 0 Å². The van der Waals surface area contributed by atoms with Gasteiger partial charge in [-0.15, -0.1) is 20.4 Å². The van der Waals surface area contributed by atoms with Gasteiger partial charge in [0.1, 0.15) is 0 Å². The van der Waals surface area contributed by atoms with Gasteiger partial charge in [-0.05, 0) is 49.2 Å². The Balaban J connectivity index is 1.64. The van der Waals surface area contributed by atoms with Crippen molar-refractivity contribution in [2.24, 2.45) is 9.98 Å². The lowest BCUT2D eigenvalue weighted by molar-refractivity contribution is 0.823. The fourth-order valence-electron chi connectivity index (χ4n) is 2.06. The Hall–Kier alpha value is -3.94. The zero-order valence-corrected chi connectivity index (χ0v) is 15.5. The molecule has 8 heteroatoms. The maximum Gasteiger partial charge on any atom is 0.198 e. The molecular formula is C20H18N8. The van der Waals surface area contributed by atoms with E-state index < -0.39 is 0 Å². The molecule has 3 aromatic heterocycles. The van der Waals surface area contributed by atoms with E-state index >= 15 is 0 Å². The van der Waals surface area contributed by atoms with Gasteiger partial charge in [0.05, 0.1) is 0 Å². The maximum atomic E-state index is 4.35. The molecule has 0 aliphatic heterocycles. The summed E-state index contributed by atoms with van der Waals surface area (Å²) in [6.45, 7) is 3.71. The third-order valence-electron chi connectivity index (χ3n) is 3.43. The predicted molar refractivity (Wildman–Crippen MR) is 109 cm³/mol. The lowest BCUT2D eigenvalue weighted by Gasteiger charge is -1.96. The van der Waals surface area contributed by atoms with Crippen LogP contribution in [0.3, 0.4) is 0 Å². The molecule has 0 atom stereocenters. The number of aromatic nitrogens is 6. The zero-order valence-electron chi connectivity index (χ0n) is 15.5.